The predicted octanol–water partition coefficient (Wildman–Crippen LogP) is 2.33. The van der Waals surface area contributed by atoms with E-state index in [1.807, 2.05) is 18.2 Å². The molecule has 0 bridgehead atoms. The fourth-order valence-electron chi connectivity index (χ4n) is 1.60. The molecule has 0 radical (unpaired) electrons. The molecule has 0 aliphatic rings. The molecule has 0 unspecified atom stereocenters. The minimum atomic E-state index is 0.745. The van der Waals surface area contributed by atoms with E-state index >= 15 is 0 Å². The minimum absolute atomic E-state index is 0.745. The number of ether oxygens (including phenoxy) is 2. The maximum absolute atomic E-state index is 5.25. The van der Waals surface area contributed by atoms with E-state index in [4.69, 9.17) is 9.47 Å². The third-order valence-electron chi connectivity index (χ3n) is 2.59. The quantitative estimate of drug-likeness (QED) is 0.879. The first-order valence-corrected chi connectivity index (χ1v) is 6.85. The van der Waals surface area contributed by atoms with Crippen LogP contribution in [0.2, 0.25) is 0 Å². The van der Waals surface area contributed by atoms with Crippen LogP contribution in [-0.4, -0.2) is 31.0 Å². The van der Waals surface area contributed by atoms with Gasteiger partial charge >= 0.3 is 0 Å². The molecule has 0 atom stereocenters. The van der Waals surface area contributed by atoms with Crippen molar-refractivity contribution in [3.05, 3.63) is 23.2 Å². The van der Waals surface area contributed by atoms with Crippen molar-refractivity contribution in [2.24, 2.45) is 0 Å². The van der Waals surface area contributed by atoms with E-state index < -0.39 is 0 Å². The van der Waals surface area contributed by atoms with Gasteiger partial charge in [0.05, 0.1) is 14.2 Å². The van der Waals surface area contributed by atoms with Crippen LogP contribution in [0.15, 0.2) is 18.2 Å². The molecule has 102 valence electrons. The smallest absolute Gasteiger partial charge is 0.148 e. The number of hydrogen-bond donors (Lipinski definition) is 1. The summed E-state index contributed by atoms with van der Waals surface area (Å²) in [6.07, 6.45) is 0. The lowest BCUT2D eigenvalue weighted by Gasteiger charge is -2.06. The second kappa shape index (κ2) is 6.49. The highest BCUT2D eigenvalue weighted by molar-refractivity contribution is 7.14. The summed E-state index contributed by atoms with van der Waals surface area (Å²) in [6, 6.07) is 5.70. The summed E-state index contributed by atoms with van der Waals surface area (Å²) >= 11 is 1.57. The van der Waals surface area contributed by atoms with Crippen LogP contribution in [0, 0.1) is 0 Å². The van der Waals surface area contributed by atoms with Gasteiger partial charge in [0.25, 0.3) is 0 Å². The molecular formula is C13H17N3O2S. The zero-order valence-corrected chi connectivity index (χ0v) is 12.1. The Bertz CT molecular complexity index is 520. The maximum atomic E-state index is 5.25. The Morgan fingerprint density at radius 2 is 1.79 bits per heavy atom. The normalized spacial score (nSPS) is 10.5. The molecule has 2 rings (SSSR count). The van der Waals surface area contributed by atoms with Crippen molar-refractivity contribution in [3.63, 3.8) is 0 Å². The van der Waals surface area contributed by atoms with E-state index in [0.717, 1.165) is 40.2 Å². The molecule has 0 spiro atoms. The van der Waals surface area contributed by atoms with Crippen molar-refractivity contribution >= 4 is 11.3 Å². The van der Waals surface area contributed by atoms with Crippen LogP contribution in [0.5, 0.6) is 11.5 Å². The average Bonchev–Trinajstić information content (AvgIpc) is 2.93. The van der Waals surface area contributed by atoms with Crippen LogP contribution < -0.4 is 14.8 Å². The first kappa shape index (κ1) is 13.8. The van der Waals surface area contributed by atoms with E-state index in [1.165, 1.54) is 0 Å². The van der Waals surface area contributed by atoms with Crippen LogP contribution in [0.1, 0.15) is 11.9 Å². The predicted molar refractivity (Wildman–Crippen MR) is 75.8 cm³/mol. The van der Waals surface area contributed by atoms with Gasteiger partial charge in [-0.25, -0.2) is 0 Å². The zero-order chi connectivity index (χ0) is 13.7. The lowest BCUT2D eigenvalue weighted by Crippen LogP contribution is -2.11. The molecular weight excluding hydrogens is 262 g/mol. The van der Waals surface area contributed by atoms with Crippen molar-refractivity contribution in [1.82, 2.24) is 15.5 Å². The number of aromatic nitrogens is 2. The molecule has 0 saturated heterocycles. The standard InChI is InChI=1S/C13H17N3O2S/c1-4-14-8-12-15-16-13(19-12)9-5-10(17-2)7-11(6-9)18-3/h5-7,14H,4,8H2,1-3H3. The second-order valence-corrected chi connectivity index (χ2v) is 4.94. The summed E-state index contributed by atoms with van der Waals surface area (Å²) < 4.78 is 10.5. The number of nitrogens with one attached hydrogen (secondary N) is 1. The van der Waals surface area contributed by atoms with Gasteiger partial charge < -0.3 is 14.8 Å². The molecule has 19 heavy (non-hydrogen) atoms. The molecule has 0 saturated carbocycles. The average molecular weight is 279 g/mol. The van der Waals surface area contributed by atoms with Crippen molar-refractivity contribution < 1.29 is 9.47 Å². The van der Waals surface area contributed by atoms with E-state index in [1.54, 1.807) is 25.6 Å². The SMILES string of the molecule is CCNCc1nnc(-c2cc(OC)cc(OC)c2)s1. The first-order valence-electron chi connectivity index (χ1n) is 6.03. The van der Waals surface area contributed by atoms with Gasteiger partial charge in [0.15, 0.2) is 0 Å². The number of hydrogen-bond acceptors (Lipinski definition) is 6. The van der Waals surface area contributed by atoms with Crippen molar-refractivity contribution in [2.75, 3.05) is 20.8 Å². The lowest BCUT2D eigenvalue weighted by atomic mass is 10.2. The molecule has 0 fully saturated rings. The monoisotopic (exact) mass is 279 g/mol. The topological polar surface area (TPSA) is 56.3 Å². The molecule has 1 aromatic carbocycles. The number of rotatable bonds is 6. The molecule has 5 nitrogen and oxygen atoms in total. The van der Waals surface area contributed by atoms with Gasteiger partial charge in [0.2, 0.25) is 0 Å². The maximum Gasteiger partial charge on any atom is 0.148 e. The summed E-state index contributed by atoms with van der Waals surface area (Å²) in [4.78, 5) is 0. The summed E-state index contributed by atoms with van der Waals surface area (Å²) in [7, 11) is 3.27. The summed E-state index contributed by atoms with van der Waals surface area (Å²) in [5, 5.41) is 13.4. The summed E-state index contributed by atoms with van der Waals surface area (Å²) in [5.74, 6) is 1.50. The van der Waals surface area contributed by atoms with Gasteiger partial charge in [0, 0.05) is 18.2 Å². The molecule has 1 N–H and O–H groups in total. The van der Waals surface area contributed by atoms with Crippen LogP contribution >= 0.6 is 11.3 Å². The molecule has 6 heteroatoms. The Morgan fingerprint density at radius 1 is 1.11 bits per heavy atom. The van der Waals surface area contributed by atoms with Crippen molar-refractivity contribution in [2.45, 2.75) is 13.5 Å². The van der Waals surface area contributed by atoms with Crippen molar-refractivity contribution in [3.8, 4) is 22.1 Å². The fraction of sp³-hybridized carbons (Fsp3) is 0.385. The number of benzene rings is 1. The van der Waals surface area contributed by atoms with Gasteiger partial charge in [-0.3, -0.25) is 0 Å². The third-order valence-corrected chi connectivity index (χ3v) is 3.56. The fourth-order valence-corrected chi connectivity index (χ4v) is 2.40. The molecule has 0 aliphatic carbocycles. The minimum Gasteiger partial charge on any atom is -0.497 e. The van der Waals surface area contributed by atoms with Gasteiger partial charge in [-0.2, -0.15) is 0 Å². The largest absolute Gasteiger partial charge is 0.497 e. The van der Waals surface area contributed by atoms with E-state index in [0.29, 0.717) is 0 Å². The summed E-state index contributed by atoms with van der Waals surface area (Å²) in [6.45, 7) is 3.73. The van der Waals surface area contributed by atoms with E-state index in [9.17, 15) is 0 Å². The Hall–Kier alpha value is -1.66. The molecule has 1 aromatic heterocycles. The second-order valence-electron chi connectivity index (χ2n) is 3.88. The molecule has 1 heterocycles. The third kappa shape index (κ3) is 3.42. The van der Waals surface area contributed by atoms with Crippen LogP contribution in [0.3, 0.4) is 0 Å². The highest BCUT2D eigenvalue weighted by atomic mass is 32.1. The molecule has 2 aromatic rings. The van der Waals surface area contributed by atoms with Crippen molar-refractivity contribution in [1.29, 1.82) is 0 Å². The van der Waals surface area contributed by atoms with Crippen LogP contribution in [0.25, 0.3) is 10.6 Å². The Morgan fingerprint density at radius 3 is 2.37 bits per heavy atom. The molecule has 0 amide bonds. The van der Waals surface area contributed by atoms with E-state index in [2.05, 4.69) is 22.4 Å². The first-order chi connectivity index (χ1) is 9.26. The Kier molecular flexibility index (Phi) is 4.70. The molecule has 0 aliphatic heterocycles. The van der Waals surface area contributed by atoms with Gasteiger partial charge in [-0.1, -0.05) is 18.3 Å². The summed E-state index contributed by atoms with van der Waals surface area (Å²) in [5.41, 5.74) is 0.955. The van der Waals surface area contributed by atoms with Gasteiger partial charge in [-0.15, -0.1) is 10.2 Å². The number of nitrogens with zero attached hydrogens (tertiary/aromatic N) is 2. The highest BCUT2D eigenvalue weighted by Crippen LogP contribution is 2.31. The Labute approximate surface area is 116 Å². The Balaban J connectivity index is 2.27. The van der Waals surface area contributed by atoms with Gasteiger partial charge in [-0.05, 0) is 18.7 Å². The highest BCUT2D eigenvalue weighted by Gasteiger charge is 2.09. The number of methoxy groups -OCH3 is 2. The zero-order valence-electron chi connectivity index (χ0n) is 11.3. The lowest BCUT2D eigenvalue weighted by molar-refractivity contribution is 0.394. The van der Waals surface area contributed by atoms with Crippen LogP contribution in [0.4, 0.5) is 0 Å². The van der Waals surface area contributed by atoms with Crippen LogP contribution in [-0.2, 0) is 6.54 Å². The van der Waals surface area contributed by atoms with Gasteiger partial charge in [0.1, 0.15) is 21.5 Å². The van der Waals surface area contributed by atoms with E-state index in [-0.39, 0.29) is 0 Å².